The van der Waals surface area contributed by atoms with Gasteiger partial charge < -0.3 is 5.11 Å². The third-order valence-corrected chi connectivity index (χ3v) is 5.77. The van der Waals surface area contributed by atoms with Gasteiger partial charge in [-0.1, -0.05) is 84.9 Å². The molecule has 0 spiro atoms. The monoisotopic (exact) mass is 388 g/mol. The minimum Gasteiger partial charge on any atom is -0.464 e. The zero-order chi connectivity index (χ0) is 20.2. The van der Waals surface area contributed by atoms with Crippen LogP contribution in [0.15, 0.2) is 91.0 Å². The zero-order valence-electron chi connectivity index (χ0n) is 15.9. The van der Waals surface area contributed by atoms with Gasteiger partial charge in [0.15, 0.2) is 5.82 Å². The van der Waals surface area contributed by atoms with Gasteiger partial charge in [-0.05, 0) is 33.0 Å². The van der Waals surface area contributed by atoms with Crippen LogP contribution in [0, 0.1) is 0 Å². The first-order chi connectivity index (χ1) is 14.7. The maximum absolute atomic E-state index is 12.3. The van der Waals surface area contributed by atoms with E-state index in [-0.39, 0.29) is 0 Å². The number of hydrogen-bond donors (Lipinski definition) is 1. The SMILES string of the molecule is O=C(O)n1c(-c2cccc3ccccc23)nc2c3ccc4ccccc4c3ccc21. The fourth-order valence-corrected chi connectivity index (χ4v) is 4.42. The maximum atomic E-state index is 12.3. The molecule has 0 saturated carbocycles. The van der Waals surface area contributed by atoms with Gasteiger partial charge in [0, 0.05) is 10.9 Å². The summed E-state index contributed by atoms with van der Waals surface area (Å²) in [5.41, 5.74) is 2.09. The van der Waals surface area contributed by atoms with Crippen molar-refractivity contribution in [3.8, 4) is 11.4 Å². The lowest BCUT2D eigenvalue weighted by Gasteiger charge is -2.07. The summed E-state index contributed by atoms with van der Waals surface area (Å²) in [5.74, 6) is 0.440. The molecule has 1 aromatic heterocycles. The first kappa shape index (κ1) is 16.7. The highest BCUT2D eigenvalue weighted by molar-refractivity contribution is 6.17. The summed E-state index contributed by atoms with van der Waals surface area (Å²) in [6.07, 6.45) is -1.04. The Kier molecular flexibility index (Phi) is 3.44. The van der Waals surface area contributed by atoms with Crippen LogP contribution in [0.4, 0.5) is 4.79 Å². The Balaban J connectivity index is 1.76. The van der Waals surface area contributed by atoms with Crippen LogP contribution in [0.1, 0.15) is 0 Å². The summed E-state index contributed by atoms with van der Waals surface area (Å²) in [4.78, 5) is 17.1. The van der Waals surface area contributed by atoms with Crippen LogP contribution >= 0.6 is 0 Å². The Hall–Kier alpha value is -4.18. The van der Waals surface area contributed by atoms with Crippen molar-refractivity contribution in [3.63, 3.8) is 0 Å². The molecule has 142 valence electrons. The molecule has 4 heteroatoms. The van der Waals surface area contributed by atoms with Gasteiger partial charge in [-0.3, -0.25) is 0 Å². The second kappa shape index (κ2) is 6.16. The molecule has 0 aliphatic heterocycles. The largest absolute Gasteiger partial charge is 0.464 e. The van der Waals surface area contributed by atoms with E-state index in [0.717, 1.165) is 37.9 Å². The van der Waals surface area contributed by atoms with Gasteiger partial charge in [0.05, 0.1) is 11.0 Å². The fraction of sp³-hybridized carbons (Fsp3) is 0. The smallest absolute Gasteiger partial charge is 0.417 e. The molecule has 6 aromatic rings. The van der Waals surface area contributed by atoms with Crippen molar-refractivity contribution in [2.45, 2.75) is 0 Å². The molecule has 0 fully saturated rings. The number of rotatable bonds is 1. The zero-order valence-corrected chi connectivity index (χ0v) is 15.9. The van der Waals surface area contributed by atoms with E-state index in [1.807, 2.05) is 72.8 Å². The van der Waals surface area contributed by atoms with E-state index in [2.05, 4.69) is 18.2 Å². The second-order valence-electron chi connectivity index (χ2n) is 7.40. The summed E-state index contributed by atoms with van der Waals surface area (Å²) >= 11 is 0. The molecular formula is C26H16N2O2. The first-order valence-corrected chi connectivity index (χ1v) is 9.77. The lowest BCUT2D eigenvalue weighted by atomic mass is 10.0. The van der Waals surface area contributed by atoms with Gasteiger partial charge in [0.25, 0.3) is 0 Å². The van der Waals surface area contributed by atoms with Crippen molar-refractivity contribution in [2.75, 3.05) is 0 Å². The van der Waals surface area contributed by atoms with E-state index in [1.54, 1.807) is 0 Å². The van der Waals surface area contributed by atoms with Gasteiger partial charge in [-0.15, -0.1) is 0 Å². The molecule has 0 atom stereocenters. The highest BCUT2D eigenvalue weighted by atomic mass is 16.4. The topological polar surface area (TPSA) is 55.1 Å². The summed E-state index contributed by atoms with van der Waals surface area (Å²) in [6.45, 7) is 0. The summed E-state index contributed by atoms with van der Waals surface area (Å²) in [6, 6.07) is 30.0. The maximum Gasteiger partial charge on any atom is 0.417 e. The molecule has 6 rings (SSSR count). The highest BCUT2D eigenvalue weighted by Gasteiger charge is 2.20. The van der Waals surface area contributed by atoms with Crippen LogP contribution in [-0.2, 0) is 0 Å². The minimum atomic E-state index is -1.04. The molecule has 5 aromatic carbocycles. The summed E-state index contributed by atoms with van der Waals surface area (Å²) in [7, 11) is 0. The molecule has 0 bridgehead atoms. The Bertz CT molecular complexity index is 1620. The number of carbonyl (C=O) groups is 1. The lowest BCUT2D eigenvalue weighted by molar-refractivity contribution is 0.197. The summed E-state index contributed by atoms with van der Waals surface area (Å²) < 4.78 is 1.30. The highest BCUT2D eigenvalue weighted by Crippen LogP contribution is 2.35. The molecule has 4 nitrogen and oxygen atoms in total. The standard InChI is InChI=1S/C26H16N2O2/c29-26(30)28-23-15-14-20-18-9-3-2-7-17(18)12-13-21(20)24(23)27-25(28)22-11-5-8-16-6-1-4-10-19(16)22/h1-15H,(H,29,30). The summed E-state index contributed by atoms with van der Waals surface area (Å²) in [5, 5.41) is 16.4. The number of aromatic nitrogens is 2. The van der Waals surface area contributed by atoms with Crippen molar-refractivity contribution < 1.29 is 9.90 Å². The van der Waals surface area contributed by atoms with E-state index in [9.17, 15) is 9.90 Å². The molecule has 0 saturated heterocycles. The van der Waals surface area contributed by atoms with E-state index in [4.69, 9.17) is 4.98 Å². The van der Waals surface area contributed by atoms with Crippen molar-refractivity contribution in [1.82, 2.24) is 9.55 Å². The van der Waals surface area contributed by atoms with Crippen molar-refractivity contribution in [2.24, 2.45) is 0 Å². The molecular weight excluding hydrogens is 372 g/mol. The van der Waals surface area contributed by atoms with Crippen LogP contribution in [0.25, 0.3) is 54.7 Å². The molecule has 1 heterocycles. The van der Waals surface area contributed by atoms with Gasteiger partial charge in [-0.2, -0.15) is 0 Å². The Morgan fingerprint density at radius 1 is 0.667 bits per heavy atom. The van der Waals surface area contributed by atoms with Crippen molar-refractivity contribution >= 4 is 49.4 Å². The molecule has 0 radical (unpaired) electrons. The minimum absolute atomic E-state index is 0.440. The third kappa shape index (κ3) is 2.28. The number of imidazole rings is 1. The van der Waals surface area contributed by atoms with Crippen LogP contribution in [0.3, 0.4) is 0 Å². The molecule has 30 heavy (non-hydrogen) atoms. The van der Waals surface area contributed by atoms with E-state index in [1.165, 1.54) is 4.57 Å². The fourth-order valence-electron chi connectivity index (χ4n) is 4.42. The van der Waals surface area contributed by atoms with E-state index < -0.39 is 6.09 Å². The van der Waals surface area contributed by atoms with E-state index in [0.29, 0.717) is 16.9 Å². The number of carboxylic acid groups (broad SMARTS) is 1. The quantitative estimate of drug-likeness (QED) is 0.319. The van der Waals surface area contributed by atoms with Crippen molar-refractivity contribution in [3.05, 3.63) is 91.0 Å². The molecule has 0 aliphatic rings. The second-order valence-corrected chi connectivity index (χ2v) is 7.40. The van der Waals surface area contributed by atoms with Crippen LogP contribution in [0.2, 0.25) is 0 Å². The average molecular weight is 388 g/mol. The molecule has 0 amide bonds. The van der Waals surface area contributed by atoms with Crippen molar-refractivity contribution in [1.29, 1.82) is 0 Å². The lowest BCUT2D eigenvalue weighted by Crippen LogP contribution is -2.09. The van der Waals surface area contributed by atoms with Gasteiger partial charge in [0.2, 0.25) is 0 Å². The Morgan fingerprint density at radius 2 is 1.33 bits per heavy atom. The van der Waals surface area contributed by atoms with E-state index >= 15 is 0 Å². The van der Waals surface area contributed by atoms with Gasteiger partial charge in [0.1, 0.15) is 0 Å². The van der Waals surface area contributed by atoms with Gasteiger partial charge in [-0.25, -0.2) is 14.3 Å². The number of hydrogen-bond acceptors (Lipinski definition) is 2. The Labute approximate surface area is 171 Å². The van der Waals surface area contributed by atoms with Crippen LogP contribution in [0.5, 0.6) is 0 Å². The molecule has 0 aliphatic carbocycles. The predicted molar refractivity (Wildman–Crippen MR) is 121 cm³/mol. The normalized spacial score (nSPS) is 11.6. The van der Waals surface area contributed by atoms with Gasteiger partial charge >= 0.3 is 6.09 Å². The molecule has 0 unspecified atom stereocenters. The predicted octanol–water partition coefficient (Wildman–Crippen LogP) is 6.69. The molecule has 1 N–H and O–H groups in total. The average Bonchev–Trinajstić information content (AvgIpc) is 3.18. The van der Waals surface area contributed by atoms with Crippen LogP contribution < -0.4 is 0 Å². The number of benzene rings is 5. The Morgan fingerprint density at radius 3 is 2.13 bits per heavy atom. The number of fused-ring (bicyclic) bond motifs is 6. The van der Waals surface area contributed by atoms with Crippen LogP contribution in [-0.4, -0.2) is 20.8 Å². The first-order valence-electron chi connectivity index (χ1n) is 9.77. The number of nitrogens with zero attached hydrogens (tertiary/aromatic N) is 2. The third-order valence-electron chi connectivity index (χ3n) is 5.77.